The molecule has 0 amide bonds. The molecule has 0 aliphatic carbocycles. The van der Waals surface area contributed by atoms with E-state index in [1.165, 1.54) is 11.3 Å². The molecule has 0 fully saturated rings. The van der Waals surface area contributed by atoms with Crippen LogP contribution in [0.5, 0.6) is 11.6 Å². The van der Waals surface area contributed by atoms with E-state index in [1.54, 1.807) is 6.20 Å². The van der Waals surface area contributed by atoms with Gasteiger partial charge in [-0.15, -0.1) is 0 Å². The highest BCUT2D eigenvalue weighted by Crippen LogP contribution is 2.40. The molecule has 0 aliphatic heterocycles. The highest BCUT2D eigenvalue weighted by Gasteiger charge is 2.20. The van der Waals surface area contributed by atoms with Gasteiger partial charge in [-0.25, -0.2) is 9.97 Å². The van der Waals surface area contributed by atoms with Gasteiger partial charge in [0.1, 0.15) is 5.75 Å². The molecule has 142 valence electrons. The van der Waals surface area contributed by atoms with Crippen molar-refractivity contribution in [2.24, 2.45) is 0 Å². The highest BCUT2D eigenvalue weighted by molar-refractivity contribution is 7.22. The van der Waals surface area contributed by atoms with Crippen LogP contribution in [0, 0.1) is 6.92 Å². The van der Waals surface area contributed by atoms with Crippen LogP contribution in [0.15, 0.2) is 54.7 Å². The Morgan fingerprint density at radius 3 is 2.54 bits per heavy atom. The third-order valence-corrected chi connectivity index (χ3v) is 5.81. The normalized spacial score (nSPS) is 11.7. The van der Waals surface area contributed by atoms with Crippen LogP contribution in [-0.4, -0.2) is 9.97 Å². The number of ether oxygens (including phenoxy) is 1. The van der Waals surface area contributed by atoms with Gasteiger partial charge < -0.3 is 10.5 Å². The lowest BCUT2D eigenvalue weighted by molar-refractivity contribution is 0.441. The first-order valence-corrected chi connectivity index (χ1v) is 10.0. The summed E-state index contributed by atoms with van der Waals surface area (Å²) < 4.78 is 7.44. The van der Waals surface area contributed by atoms with Crippen LogP contribution in [-0.2, 0) is 5.41 Å². The van der Waals surface area contributed by atoms with Crippen molar-refractivity contribution in [2.75, 3.05) is 5.73 Å². The molecule has 0 unspecified atom stereocenters. The summed E-state index contributed by atoms with van der Waals surface area (Å²) in [6, 6.07) is 16.2. The number of hydrogen-bond acceptors (Lipinski definition) is 5. The molecule has 2 aromatic heterocycles. The van der Waals surface area contributed by atoms with Crippen LogP contribution < -0.4 is 10.5 Å². The fraction of sp³-hybridized carbons (Fsp3) is 0.217. The fourth-order valence-electron chi connectivity index (χ4n) is 3.39. The van der Waals surface area contributed by atoms with Gasteiger partial charge in [0.15, 0.2) is 5.13 Å². The Bertz CT molecular complexity index is 1160. The molecule has 5 heteroatoms. The number of nitrogens with zero attached hydrogens (tertiary/aromatic N) is 2. The van der Waals surface area contributed by atoms with Gasteiger partial charge in [0, 0.05) is 17.3 Å². The standard InChI is InChI=1S/C23H23N3OS/c1-14-15(11-12-18-20(14)28-22(24)26-18)16-8-7-13-25-21(16)27-19-10-6-5-9-17(19)23(2,3)4/h5-13H,1-4H3,(H2,24,26). The summed E-state index contributed by atoms with van der Waals surface area (Å²) in [4.78, 5) is 8.93. The van der Waals surface area contributed by atoms with Gasteiger partial charge >= 0.3 is 0 Å². The minimum absolute atomic E-state index is 0.0273. The van der Waals surface area contributed by atoms with Crippen molar-refractivity contribution in [3.63, 3.8) is 0 Å². The number of nitrogens with two attached hydrogens (primary N) is 1. The number of fused-ring (bicyclic) bond motifs is 1. The summed E-state index contributed by atoms with van der Waals surface area (Å²) in [5.41, 5.74) is 11.1. The Hall–Kier alpha value is -2.92. The number of hydrogen-bond donors (Lipinski definition) is 1. The molecular formula is C23H23N3OS. The van der Waals surface area contributed by atoms with Crippen LogP contribution in [0.25, 0.3) is 21.3 Å². The quantitative estimate of drug-likeness (QED) is 0.444. The average Bonchev–Trinajstić information content (AvgIpc) is 3.04. The van der Waals surface area contributed by atoms with Crippen molar-refractivity contribution < 1.29 is 4.74 Å². The van der Waals surface area contributed by atoms with E-state index in [4.69, 9.17) is 10.5 Å². The van der Waals surface area contributed by atoms with Crippen LogP contribution in [0.2, 0.25) is 0 Å². The maximum Gasteiger partial charge on any atom is 0.227 e. The van der Waals surface area contributed by atoms with E-state index in [1.807, 2.05) is 36.4 Å². The van der Waals surface area contributed by atoms with E-state index >= 15 is 0 Å². The molecule has 0 spiro atoms. The zero-order valence-corrected chi connectivity index (χ0v) is 17.3. The van der Waals surface area contributed by atoms with Gasteiger partial charge in [-0.1, -0.05) is 56.4 Å². The zero-order valence-electron chi connectivity index (χ0n) is 16.5. The van der Waals surface area contributed by atoms with Crippen LogP contribution in [0.4, 0.5) is 5.13 Å². The third-order valence-electron chi connectivity index (χ3n) is 4.79. The number of pyridine rings is 1. The van der Waals surface area contributed by atoms with Crippen LogP contribution in [0.3, 0.4) is 0 Å². The number of benzene rings is 2. The number of nitrogen functional groups attached to an aromatic ring is 1. The predicted molar refractivity (Wildman–Crippen MR) is 117 cm³/mol. The Labute approximate surface area is 169 Å². The number of rotatable bonds is 3. The summed E-state index contributed by atoms with van der Waals surface area (Å²) in [6.45, 7) is 8.64. The Kier molecular flexibility index (Phi) is 4.55. The lowest BCUT2D eigenvalue weighted by Gasteiger charge is -2.23. The minimum atomic E-state index is -0.0273. The Balaban J connectivity index is 1.83. The van der Waals surface area contributed by atoms with Gasteiger partial charge in [-0.05, 0) is 47.7 Å². The summed E-state index contributed by atoms with van der Waals surface area (Å²) in [6.07, 6.45) is 1.76. The Morgan fingerprint density at radius 2 is 1.75 bits per heavy atom. The molecule has 2 heterocycles. The lowest BCUT2D eigenvalue weighted by Crippen LogP contribution is -2.12. The molecule has 4 rings (SSSR count). The molecule has 4 nitrogen and oxygen atoms in total. The van der Waals surface area contributed by atoms with Crippen LogP contribution in [0.1, 0.15) is 31.9 Å². The van der Waals surface area contributed by atoms with E-state index in [0.29, 0.717) is 11.0 Å². The average molecular weight is 390 g/mol. The first kappa shape index (κ1) is 18.4. The van der Waals surface area contributed by atoms with Gasteiger partial charge in [-0.3, -0.25) is 0 Å². The minimum Gasteiger partial charge on any atom is -0.438 e. The van der Waals surface area contributed by atoms with Crippen molar-refractivity contribution in [3.8, 4) is 22.8 Å². The van der Waals surface area contributed by atoms with E-state index in [0.717, 1.165) is 38.2 Å². The monoisotopic (exact) mass is 389 g/mol. The van der Waals surface area contributed by atoms with Crippen molar-refractivity contribution in [3.05, 3.63) is 65.9 Å². The number of para-hydroxylation sites is 1. The van der Waals surface area contributed by atoms with E-state index < -0.39 is 0 Å². The second-order valence-electron chi connectivity index (χ2n) is 7.84. The second-order valence-corrected chi connectivity index (χ2v) is 8.87. The number of anilines is 1. The zero-order chi connectivity index (χ0) is 19.9. The molecule has 0 aliphatic rings. The topological polar surface area (TPSA) is 61.0 Å². The van der Waals surface area contributed by atoms with Crippen molar-refractivity contribution >= 4 is 26.7 Å². The lowest BCUT2D eigenvalue weighted by atomic mass is 9.86. The number of aryl methyl sites for hydroxylation is 1. The van der Waals surface area contributed by atoms with Crippen LogP contribution >= 0.6 is 11.3 Å². The number of thiazole rings is 1. The molecule has 2 N–H and O–H groups in total. The summed E-state index contributed by atoms with van der Waals surface area (Å²) in [5.74, 6) is 1.43. The van der Waals surface area contributed by atoms with Gasteiger partial charge in [0.2, 0.25) is 5.88 Å². The fourth-order valence-corrected chi connectivity index (χ4v) is 4.22. The molecule has 0 bridgehead atoms. The smallest absolute Gasteiger partial charge is 0.227 e. The molecule has 0 saturated heterocycles. The van der Waals surface area contributed by atoms with Gasteiger partial charge in [0.05, 0.1) is 10.2 Å². The molecule has 4 aromatic rings. The van der Waals surface area contributed by atoms with E-state index in [2.05, 4.69) is 49.8 Å². The third kappa shape index (κ3) is 3.34. The summed E-state index contributed by atoms with van der Waals surface area (Å²) >= 11 is 1.51. The SMILES string of the molecule is Cc1c(-c2cccnc2Oc2ccccc2C(C)(C)C)ccc2nc(N)sc12. The molecule has 2 aromatic carbocycles. The first-order chi connectivity index (χ1) is 13.3. The summed E-state index contributed by atoms with van der Waals surface area (Å²) in [5, 5.41) is 0.581. The molecule has 0 radical (unpaired) electrons. The van der Waals surface area contributed by atoms with Crippen molar-refractivity contribution in [1.29, 1.82) is 0 Å². The van der Waals surface area contributed by atoms with E-state index in [-0.39, 0.29) is 5.41 Å². The largest absolute Gasteiger partial charge is 0.438 e. The molecule has 0 atom stereocenters. The molecular weight excluding hydrogens is 366 g/mol. The predicted octanol–water partition coefficient (Wildman–Crippen LogP) is 6.34. The van der Waals surface area contributed by atoms with E-state index in [9.17, 15) is 0 Å². The maximum atomic E-state index is 6.35. The highest BCUT2D eigenvalue weighted by atomic mass is 32.1. The summed E-state index contributed by atoms with van der Waals surface area (Å²) in [7, 11) is 0. The van der Waals surface area contributed by atoms with Gasteiger partial charge in [-0.2, -0.15) is 0 Å². The van der Waals surface area contributed by atoms with Gasteiger partial charge in [0.25, 0.3) is 0 Å². The molecule has 28 heavy (non-hydrogen) atoms. The Morgan fingerprint density at radius 1 is 0.964 bits per heavy atom. The molecule has 0 saturated carbocycles. The second kappa shape index (κ2) is 6.91. The maximum absolute atomic E-state index is 6.35. The van der Waals surface area contributed by atoms with Crippen molar-refractivity contribution in [2.45, 2.75) is 33.1 Å². The first-order valence-electron chi connectivity index (χ1n) is 9.23. The van der Waals surface area contributed by atoms with Crippen molar-refractivity contribution in [1.82, 2.24) is 9.97 Å². The number of aromatic nitrogens is 2.